The van der Waals surface area contributed by atoms with Crippen molar-refractivity contribution in [3.8, 4) is 0 Å². The summed E-state index contributed by atoms with van der Waals surface area (Å²) in [6.07, 6.45) is 14.4. The van der Waals surface area contributed by atoms with E-state index in [0.29, 0.717) is 0 Å². The zero-order chi connectivity index (χ0) is 14.4. The van der Waals surface area contributed by atoms with Crippen molar-refractivity contribution < 1.29 is 8.85 Å². The highest BCUT2D eigenvalue weighted by molar-refractivity contribution is 6.64. The van der Waals surface area contributed by atoms with E-state index >= 15 is 0 Å². The molecule has 0 aliphatic heterocycles. The van der Waals surface area contributed by atoms with Crippen molar-refractivity contribution in [2.24, 2.45) is 0 Å². The molecule has 0 atom stereocenters. The molecule has 0 unspecified atom stereocenters. The molecular weight excluding hydrogens is 252 g/mol. The predicted molar refractivity (Wildman–Crippen MR) is 86.8 cm³/mol. The molecule has 19 heavy (non-hydrogen) atoms. The highest BCUT2D eigenvalue weighted by Crippen LogP contribution is 2.09. The molecule has 0 saturated carbocycles. The summed E-state index contributed by atoms with van der Waals surface area (Å²) < 4.78 is 11.8. The maximum Gasteiger partial charge on any atom is 0.331 e. The Labute approximate surface area is 121 Å². The first-order valence-corrected chi connectivity index (χ1v) is 10.9. The Kier molecular flexibility index (Phi) is 12.8. The molecule has 114 valence electrons. The zero-order valence-electron chi connectivity index (χ0n) is 13.5. The van der Waals surface area contributed by atoms with Gasteiger partial charge >= 0.3 is 8.56 Å². The van der Waals surface area contributed by atoms with E-state index in [0.717, 1.165) is 26.1 Å². The molecule has 2 nitrogen and oxygen atoms in total. The molecule has 0 heterocycles. The van der Waals surface area contributed by atoms with Crippen LogP contribution in [-0.4, -0.2) is 21.8 Å². The van der Waals surface area contributed by atoms with Crippen LogP contribution in [0.3, 0.4) is 0 Å². The van der Waals surface area contributed by atoms with E-state index in [9.17, 15) is 0 Å². The van der Waals surface area contributed by atoms with Crippen molar-refractivity contribution in [3.05, 3.63) is 12.2 Å². The number of hydrogen-bond donors (Lipinski definition) is 0. The summed E-state index contributed by atoms with van der Waals surface area (Å²) in [5, 5.41) is 0. The first-order chi connectivity index (χ1) is 9.12. The van der Waals surface area contributed by atoms with E-state index in [1.165, 1.54) is 38.5 Å². The van der Waals surface area contributed by atoms with Gasteiger partial charge in [0.2, 0.25) is 0 Å². The van der Waals surface area contributed by atoms with Crippen molar-refractivity contribution in [1.29, 1.82) is 0 Å². The van der Waals surface area contributed by atoms with Gasteiger partial charge in [-0.05, 0) is 38.8 Å². The normalized spacial score (nSPS) is 12.4. The molecule has 0 aliphatic rings. The van der Waals surface area contributed by atoms with Crippen LogP contribution in [0, 0.1) is 0 Å². The van der Waals surface area contributed by atoms with E-state index in [1.54, 1.807) is 0 Å². The third-order valence-electron chi connectivity index (χ3n) is 3.07. The molecule has 0 aromatic carbocycles. The average Bonchev–Trinajstić information content (AvgIpc) is 2.38. The first kappa shape index (κ1) is 18.9. The Morgan fingerprint density at radius 2 is 1.32 bits per heavy atom. The van der Waals surface area contributed by atoms with Crippen molar-refractivity contribution in [3.63, 3.8) is 0 Å². The molecule has 0 aromatic heterocycles. The van der Waals surface area contributed by atoms with E-state index in [-0.39, 0.29) is 0 Å². The van der Waals surface area contributed by atoms with Crippen LogP contribution < -0.4 is 0 Å². The lowest BCUT2D eigenvalue weighted by Gasteiger charge is -2.22. The summed E-state index contributed by atoms with van der Waals surface area (Å²) in [4.78, 5) is 0. The molecular formula is C16H34O2Si. The summed E-state index contributed by atoms with van der Waals surface area (Å²) in [5.41, 5.74) is 0. The van der Waals surface area contributed by atoms with Crippen LogP contribution in [0.5, 0.6) is 0 Å². The topological polar surface area (TPSA) is 18.5 Å². The summed E-state index contributed by atoms with van der Waals surface area (Å²) in [7, 11) is -1.87. The summed E-state index contributed by atoms with van der Waals surface area (Å²) in [5.74, 6) is 0. The second-order valence-corrected chi connectivity index (χ2v) is 8.94. The molecule has 0 rings (SSSR count). The third kappa shape index (κ3) is 14.1. The molecule has 0 radical (unpaired) electrons. The zero-order valence-corrected chi connectivity index (χ0v) is 14.5. The molecule has 0 bridgehead atoms. The number of unbranched alkanes of at least 4 members (excludes halogenated alkanes) is 5. The van der Waals surface area contributed by atoms with Crippen LogP contribution in [-0.2, 0) is 8.85 Å². The van der Waals surface area contributed by atoms with Crippen LogP contribution in [0.4, 0.5) is 0 Å². The van der Waals surface area contributed by atoms with E-state index in [4.69, 9.17) is 8.85 Å². The highest BCUT2D eigenvalue weighted by atomic mass is 28.4. The lowest BCUT2D eigenvalue weighted by atomic mass is 10.2. The highest BCUT2D eigenvalue weighted by Gasteiger charge is 2.23. The third-order valence-corrected chi connectivity index (χ3v) is 4.87. The molecule has 0 saturated heterocycles. The quantitative estimate of drug-likeness (QED) is 0.255. The second-order valence-electron chi connectivity index (χ2n) is 5.56. The fourth-order valence-electron chi connectivity index (χ4n) is 1.83. The Hall–Kier alpha value is -0.123. The van der Waals surface area contributed by atoms with Crippen molar-refractivity contribution in [1.82, 2.24) is 0 Å². The summed E-state index contributed by atoms with van der Waals surface area (Å²) >= 11 is 0. The van der Waals surface area contributed by atoms with Gasteiger partial charge in [-0.2, -0.15) is 0 Å². The van der Waals surface area contributed by atoms with Crippen LogP contribution >= 0.6 is 0 Å². The fraction of sp³-hybridized carbons (Fsp3) is 0.875. The Morgan fingerprint density at radius 3 is 2.00 bits per heavy atom. The summed E-state index contributed by atoms with van der Waals surface area (Å²) in [6, 6.07) is 0. The number of rotatable bonds is 13. The van der Waals surface area contributed by atoms with Gasteiger partial charge in [-0.15, -0.1) is 0 Å². The van der Waals surface area contributed by atoms with E-state index in [1.807, 2.05) is 0 Å². The minimum atomic E-state index is -1.87. The Bertz CT molecular complexity index is 215. The summed E-state index contributed by atoms with van der Waals surface area (Å²) in [6.45, 7) is 10.4. The standard InChI is InChI=1S/C16H34O2Si/c1-5-7-9-10-11-12-14-16-18-19(3,4)17-15-13-8-6-2/h11-12H,5-10,13-16H2,1-4H3/b12-11+. The first-order valence-electron chi connectivity index (χ1n) is 8.05. The van der Waals surface area contributed by atoms with Gasteiger partial charge in [0.25, 0.3) is 0 Å². The lowest BCUT2D eigenvalue weighted by molar-refractivity contribution is 0.178. The Balaban J connectivity index is 3.46. The van der Waals surface area contributed by atoms with Gasteiger partial charge in [-0.3, -0.25) is 0 Å². The van der Waals surface area contributed by atoms with Gasteiger partial charge in [0, 0.05) is 13.2 Å². The molecule has 0 fully saturated rings. The monoisotopic (exact) mass is 286 g/mol. The van der Waals surface area contributed by atoms with Crippen molar-refractivity contribution >= 4 is 8.56 Å². The molecule has 0 aromatic rings. The molecule has 0 amide bonds. The Morgan fingerprint density at radius 1 is 0.737 bits per heavy atom. The van der Waals surface area contributed by atoms with Crippen LogP contribution in [0.2, 0.25) is 13.1 Å². The number of allylic oxidation sites excluding steroid dienone is 1. The van der Waals surface area contributed by atoms with Gasteiger partial charge in [0.1, 0.15) is 0 Å². The fourth-order valence-corrected chi connectivity index (χ4v) is 3.16. The van der Waals surface area contributed by atoms with Crippen molar-refractivity contribution in [2.75, 3.05) is 13.2 Å². The molecule has 0 N–H and O–H groups in total. The largest absolute Gasteiger partial charge is 0.395 e. The molecule has 3 heteroatoms. The maximum absolute atomic E-state index is 5.90. The average molecular weight is 287 g/mol. The smallest absolute Gasteiger partial charge is 0.331 e. The minimum Gasteiger partial charge on any atom is -0.395 e. The predicted octanol–water partition coefficient (Wildman–Crippen LogP) is 5.44. The van der Waals surface area contributed by atoms with E-state index in [2.05, 4.69) is 39.1 Å². The van der Waals surface area contributed by atoms with Gasteiger partial charge in [-0.25, -0.2) is 0 Å². The van der Waals surface area contributed by atoms with Crippen LogP contribution in [0.25, 0.3) is 0 Å². The van der Waals surface area contributed by atoms with Gasteiger partial charge in [0.05, 0.1) is 0 Å². The molecule has 0 spiro atoms. The minimum absolute atomic E-state index is 0.803. The van der Waals surface area contributed by atoms with Gasteiger partial charge in [-0.1, -0.05) is 51.7 Å². The van der Waals surface area contributed by atoms with Gasteiger partial charge in [0.15, 0.2) is 0 Å². The SMILES string of the molecule is CCCCC/C=C/CCO[Si](C)(C)OCCCCC. The maximum atomic E-state index is 5.90. The van der Waals surface area contributed by atoms with Crippen LogP contribution in [0.1, 0.15) is 65.2 Å². The van der Waals surface area contributed by atoms with Crippen LogP contribution in [0.15, 0.2) is 12.2 Å². The van der Waals surface area contributed by atoms with Crippen molar-refractivity contribution in [2.45, 2.75) is 78.3 Å². The molecule has 0 aliphatic carbocycles. The lowest BCUT2D eigenvalue weighted by Crippen LogP contribution is -2.35. The second kappa shape index (κ2) is 12.9. The van der Waals surface area contributed by atoms with Gasteiger partial charge < -0.3 is 8.85 Å². The number of hydrogen-bond acceptors (Lipinski definition) is 2. The van der Waals surface area contributed by atoms with E-state index < -0.39 is 8.56 Å².